The summed E-state index contributed by atoms with van der Waals surface area (Å²) in [5, 5.41) is 0. The van der Waals surface area contributed by atoms with E-state index in [0.29, 0.717) is 0 Å². The average Bonchev–Trinajstić information content (AvgIpc) is 2.45. The minimum absolute atomic E-state index is 0.915. The average molecular weight is 203 g/mol. The fourth-order valence-corrected chi connectivity index (χ4v) is 1.03. The molecular weight excluding hydrogens is 184 g/mol. The quantitative estimate of drug-likeness (QED) is 0.704. The lowest BCUT2D eigenvalue weighted by Gasteiger charge is -1.96. The van der Waals surface area contributed by atoms with Crippen LogP contribution in [0, 0.1) is 0 Å². The summed E-state index contributed by atoms with van der Waals surface area (Å²) in [4.78, 5) is 8.37. The fourth-order valence-electron chi connectivity index (χ4n) is 1.03. The molecule has 0 bridgehead atoms. The Balaban J connectivity index is 0.000000509. The fraction of sp³-hybridized carbons (Fsp3) is 0.231. The van der Waals surface area contributed by atoms with Crippen LogP contribution in [0.4, 0.5) is 0 Å². The van der Waals surface area contributed by atoms with E-state index in [0.717, 1.165) is 11.4 Å². The van der Waals surface area contributed by atoms with Crippen LogP contribution in [-0.4, -0.2) is 9.97 Å². The minimum Gasteiger partial charge on any atom is -0.255 e. The van der Waals surface area contributed by atoms with Gasteiger partial charge in [-0.15, -0.1) is 0 Å². The van der Waals surface area contributed by atoms with Gasteiger partial charge in [-0.1, -0.05) is 33.4 Å². The van der Waals surface area contributed by atoms with Gasteiger partial charge in [0.15, 0.2) is 0 Å². The summed E-state index contributed by atoms with van der Waals surface area (Å²) in [5.41, 5.74) is 1.83. The molecule has 2 aromatic rings. The van der Waals surface area contributed by atoms with Crippen LogP contribution in [0.15, 0.2) is 48.8 Å². The van der Waals surface area contributed by atoms with Crippen LogP contribution >= 0.6 is 0 Å². The number of nitrogens with zero attached hydrogens (tertiary/aromatic N) is 2. The van der Waals surface area contributed by atoms with Gasteiger partial charge in [-0.2, -0.15) is 0 Å². The molecule has 0 atom stereocenters. The maximum absolute atomic E-state index is 5.75. The first-order valence-electron chi connectivity index (χ1n) is 5.79. The molecule has 0 aliphatic heterocycles. The largest absolute Gasteiger partial charge is 0.255 e. The van der Waals surface area contributed by atoms with E-state index in [4.69, 9.17) is 1.37 Å². The van der Waals surface area contributed by atoms with Gasteiger partial charge in [-0.25, -0.2) is 0 Å². The number of aromatic nitrogens is 2. The van der Waals surface area contributed by atoms with Crippen molar-refractivity contribution in [2.24, 2.45) is 0 Å². The van der Waals surface area contributed by atoms with Gasteiger partial charge in [0.25, 0.3) is 0 Å². The highest BCUT2D eigenvalue weighted by Crippen LogP contribution is 2.10. The molecule has 2 heteroatoms. The molecule has 2 rings (SSSR count). The Labute approximate surface area is 93.4 Å². The Morgan fingerprint density at radius 1 is 0.867 bits per heavy atom. The molecule has 0 spiro atoms. The van der Waals surface area contributed by atoms with Crippen molar-refractivity contribution in [2.45, 2.75) is 21.3 Å². The van der Waals surface area contributed by atoms with Crippen molar-refractivity contribution < 1.29 is 1.37 Å². The molecule has 2 heterocycles. The predicted molar refractivity (Wildman–Crippen MR) is 65.5 cm³/mol. The molecule has 0 aliphatic carbocycles. The van der Waals surface area contributed by atoms with E-state index >= 15 is 0 Å². The topological polar surface area (TPSA) is 25.8 Å². The van der Waals surface area contributed by atoms with Crippen molar-refractivity contribution in [2.75, 3.05) is 0 Å². The third kappa shape index (κ3) is 3.90. The molecule has 0 saturated carbocycles. The monoisotopic (exact) mass is 203 g/mol. The summed E-state index contributed by atoms with van der Waals surface area (Å²) in [6, 6.07) is 11.6. The first kappa shape index (κ1) is 11.4. The standard InChI is InChI=1S/C10H8N2.C2H6.CH4/c1-3-7-11-9(5-1)10-6-2-4-8-12-10;1-2;/h1-8H;1-2H3;1H4/i;;1D. The Morgan fingerprint density at radius 3 is 1.53 bits per heavy atom. The Hall–Kier alpha value is -1.70. The molecule has 80 valence electrons. The number of hydrogen-bond donors (Lipinski definition) is 0. The van der Waals surface area contributed by atoms with Crippen molar-refractivity contribution in [1.29, 1.82) is 0 Å². The molecule has 0 fully saturated rings. The second kappa shape index (κ2) is 7.68. The maximum Gasteiger partial charge on any atom is 0.0886 e. The smallest absolute Gasteiger partial charge is 0.0886 e. The number of hydrogen-bond acceptors (Lipinski definition) is 2. The van der Waals surface area contributed by atoms with Crippen LogP contribution in [0.5, 0.6) is 0 Å². The second-order valence-electron chi connectivity index (χ2n) is 2.43. The predicted octanol–water partition coefficient (Wildman–Crippen LogP) is 3.81. The van der Waals surface area contributed by atoms with E-state index in [9.17, 15) is 0 Å². The van der Waals surface area contributed by atoms with Gasteiger partial charge in [-0.3, -0.25) is 9.97 Å². The third-order valence-electron chi connectivity index (χ3n) is 1.59. The van der Waals surface area contributed by atoms with Crippen LogP contribution in [0.1, 0.15) is 22.6 Å². The van der Waals surface area contributed by atoms with Crippen molar-refractivity contribution in [3.63, 3.8) is 0 Å². The molecule has 15 heavy (non-hydrogen) atoms. The van der Waals surface area contributed by atoms with Gasteiger partial charge in [0.05, 0.1) is 11.4 Å². The van der Waals surface area contributed by atoms with Crippen molar-refractivity contribution in [3.05, 3.63) is 48.8 Å². The van der Waals surface area contributed by atoms with Crippen molar-refractivity contribution in [3.8, 4) is 11.4 Å². The van der Waals surface area contributed by atoms with Crippen LogP contribution in [0.3, 0.4) is 0 Å². The summed E-state index contributed by atoms with van der Waals surface area (Å²) < 4.78 is 5.75. The van der Waals surface area contributed by atoms with Gasteiger partial charge in [0.2, 0.25) is 0 Å². The zero-order chi connectivity index (χ0) is 12.2. The highest BCUT2D eigenvalue weighted by atomic mass is 14.7. The molecular formula is C13H18N2. The van der Waals surface area contributed by atoms with Crippen LogP contribution in [0.25, 0.3) is 11.4 Å². The van der Waals surface area contributed by atoms with Gasteiger partial charge in [0.1, 0.15) is 0 Å². The SMILES string of the molecule is CC.[2H]C.c1ccc(-c2ccccn2)nc1. The maximum atomic E-state index is 5.75. The third-order valence-corrected chi connectivity index (χ3v) is 1.59. The Bertz CT molecular complexity index is 311. The molecule has 2 nitrogen and oxygen atoms in total. The molecule has 0 N–H and O–H groups in total. The van der Waals surface area contributed by atoms with Gasteiger partial charge >= 0.3 is 0 Å². The first-order chi connectivity index (χ1) is 7.97. The van der Waals surface area contributed by atoms with Gasteiger partial charge < -0.3 is 0 Å². The summed E-state index contributed by atoms with van der Waals surface area (Å²) in [5.74, 6) is 0. The molecule has 0 aromatic carbocycles. The zero-order valence-corrected chi connectivity index (χ0v) is 9.51. The highest BCUT2D eigenvalue weighted by Gasteiger charge is 1.95. The summed E-state index contributed by atoms with van der Waals surface area (Å²) >= 11 is 0. The van der Waals surface area contributed by atoms with E-state index < -0.39 is 0 Å². The van der Waals surface area contributed by atoms with Crippen LogP contribution in [0.2, 0.25) is 0 Å². The first-order valence-corrected chi connectivity index (χ1v) is 4.79. The number of rotatable bonds is 1. The summed E-state index contributed by atoms with van der Waals surface area (Å²) in [6.45, 7) is 4.00. The molecule has 0 radical (unpaired) electrons. The molecule has 0 amide bonds. The summed E-state index contributed by atoms with van der Waals surface area (Å²) in [6.07, 6.45) is 3.54. The lowest BCUT2D eigenvalue weighted by Crippen LogP contribution is -1.83. The Morgan fingerprint density at radius 2 is 1.27 bits per heavy atom. The van der Waals surface area contributed by atoms with E-state index in [1.165, 1.54) is 7.40 Å². The van der Waals surface area contributed by atoms with Crippen molar-refractivity contribution >= 4 is 0 Å². The second-order valence-corrected chi connectivity index (χ2v) is 2.43. The lowest BCUT2D eigenvalue weighted by atomic mass is 10.2. The zero-order valence-electron chi connectivity index (χ0n) is 10.5. The van der Waals surface area contributed by atoms with E-state index in [1.807, 2.05) is 50.2 Å². The highest BCUT2D eigenvalue weighted by molar-refractivity contribution is 5.52. The normalized spacial score (nSPS) is 8.60. The minimum atomic E-state index is 0.915. The molecule has 0 unspecified atom stereocenters. The van der Waals surface area contributed by atoms with Crippen LogP contribution in [-0.2, 0) is 0 Å². The van der Waals surface area contributed by atoms with E-state index in [-0.39, 0.29) is 0 Å². The van der Waals surface area contributed by atoms with Crippen molar-refractivity contribution in [1.82, 2.24) is 9.97 Å². The van der Waals surface area contributed by atoms with Gasteiger partial charge in [0, 0.05) is 13.8 Å². The van der Waals surface area contributed by atoms with E-state index in [2.05, 4.69) is 9.97 Å². The number of pyridine rings is 2. The lowest BCUT2D eigenvalue weighted by molar-refractivity contribution is 1.25. The molecule has 0 aliphatic rings. The van der Waals surface area contributed by atoms with E-state index in [1.54, 1.807) is 12.4 Å². The summed E-state index contributed by atoms with van der Waals surface area (Å²) in [7, 11) is 1.25. The van der Waals surface area contributed by atoms with Crippen LogP contribution < -0.4 is 0 Å². The van der Waals surface area contributed by atoms with Gasteiger partial charge in [-0.05, 0) is 24.3 Å². The molecule has 2 aromatic heterocycles. The molecule has 0 saturated heterocycles. The Kier molecular flexibility index (Phi) is 5.82.